The van der Waals surface area contributed by atoms with Crippen LogP contribution in [0.5, 0.6) is 0 Å². The lowest BCUT2D eigenvalue weighted by atomic mass is 10.1. The number of carbonyl (C=O) groups excluding carboxylic acids is 3. The van der Waals surface area contributed by atoms with Crippen LogP contribution in [0.15, 0.2) is 42.5 Å². The van der Waals surface area contributed by atoms with Gasteiger partial charge in [0.25, 0.3) is 5.91 Å². The molecule has 0 aliphatic heterocycles. The number of hydrogen-bond donors (Lipinski definition) is 1. The topological polar surface area (TPSA) is 66.5 Å². The molecule has 0 bridgehead atoms. The Morgan fingerprint density at radius 1 is 1.08 bits per heavy atom. The van der Waals surface area contributed by atoms with E-state index in [0.29, 0.717) is 11.3 Å². The van der Waals surface area contributed by atoms with Gasteiger partial charge >= 0.3 is 0 Å². The molecule has 2 aromatic carbocycles. The fourth-order valence-electron chi connectivity index (χ4n) is 2.43. The molecule has 0 radical (unpaired) electrons. The van der Waals surface area contributed by atoms with Crippen molar-refractivity contribution in [3.63, 3.8) is 0 Å². The second kappa shape index (κ2) is 8.58. The smallest absolute Gasteiger partial charge is 0.255 e. The van der Waals surface area contributed by atoms with Crippen LogP contribution in [0.2, 0.25) is 5.02 Å². The maximum Gasteiger partial charge on any atom is 0.255 e. The zero-order valence-electron chi connectivity index (χ0n) is 14.4. The highest BCUT2D eigenvalue weighted by atomic mass is 35.5. The minimum atomic E-state index is -0.710. The average Bonchev–Trinajstić information content (AvgIpc) is 2.58. The second-order valence-electron chi connectivity index (χ2n) is 5.63. The van der Waals surface area contributed by atoms with Crippen molar-refractivity contribution < 1.29 is 18.8 Å². The van der Waals surface area contributed by atoms with Crippen LogP contribution in [-0.2, 0) is 4.79 Å². The molecule has 1 N–H and O–H groups in total. The first-order chi connectivity index (χ1) is 12.3. The molecule has 0 spiro atoms. The number of rotatable bonds is 6. The summed E-state index contributed by atoms with van der Waals surface area (Å²) in [7, 11) is 0. The fraction of sp³-hybridized carbons (Fsp3) is 0.211. The third kappa shape index (κ3) is 4.67. The van der Waals surface area contributed by atoms with Gasteiger partial charge in [0.15, 0.2) is 5.78 Å². The molecule has 0 aliphatic rings. The Morgan fingerprint density at radius 3 is 2.27 bits per heavy atom. The molecule has 0 saturated heterocycles. The number of halogens is 2. The summed E-state index contributed by atoms with van der Waals surface area (Å²) in [4.78, 5) is 36.8. The van der Waals surface area contributed by atoms with E-state index < -0.39 is 11.7 Å². The molecule has 0 fully saturated rings. The van der Waals surface area contributed by atoms with E-state index in [4.69, 9.17) is 11.6 Å². The highest BCUT2D eigenvalue weighted by molar-refractivity contribution is 6.33. The van der Waals surface area contributed by atoms with Crippen molar-refractivity contribution >= 4 is 34.9 Å². The quantitative estimate of drug-likeness (QED) is 0.785. The summed E-state index contributed by atoms with van der Waals surface area (Å²) in [5, 5.41) is 2.57. The molecule has 0 saturated carbocycles. The number of benzene rings is 2. The minimum Gasteiger partial charge on any atom is -0.350 e. The summed E-state index contributed by atoms with van der Waals surface area (Å²) in [6.07, 6.45) is 0. The summed E-state index contributed by atoms with van der Waals surface area (Å²) in [5.41, 5.74) is 0.912. The Morgan fingerprint density at radius 2 is 1.73 bits per heavy atom. The first-order valence-electron chi connectivity index (χ1n) is 7.92. The number of amides is 2. The lowest BCUT2D eigenvalue weighted by Crippen LogP contribution is -2.37. The van der Waals surface area contributed by atoms with Gasteiger partial charge in [-0.25, -0.2) is 4.39 Å². The van der Waals surface area contributed by atoms with E-state index in [1.165, 1.54) is 30.9 Å². The lowest BCUT2D eigenvalue weighted by Gasteiger charge is -2.21. The molecule has 0 aromatic heterocycles. The summed E-state index contributed by atoms with van der Waals surface area (Å²) in [5.74, 6) is -1.65. The molecule has 26 heavy (non-hydrogen) atoms. The maximum atomic E-state index is 13.7. The Labute approximate surface area is 155 Å². The number of carbonyl (C=O) groups is 3. The molecule has 2 aromatic rings. The van der Waals surface area contributed by atoms with Crippen LogP contribution < -0.4 is 10.2 Å². The number of ketones is 1. The molecular weight excluding hydrogens is 359 g/mol. The van der Waals surface area contributed by atoms with Gasteiger partial charge in [0.2, 0.25) is 5.91 Å². The lowest BCUT2D eigenvalue weighted by molar-refractivity contribution is -0.116. The third-order valence-electron chi connectivity index (χ3n) is 3.78. The molecule has 5 nitrogen and oxygen atoms in total. The van der Waals surface area contributed by atoms with Gasteiger partial charge in [-0.1, -0.05) is 17.7 Å². The second-order valence-corrected chi connectivity index (χ2v) is 6.03. The van der Waals surface area contributed by atoms with Crippen molar-refractivity contribution in [3.8, 4) is 0 Å². The Bertz CT molecular complexity index is 817. The van der Waals surface area contributed by atoms with Crippen molar-refractivity contribution in [2.75, 3.05) is 18.0 Å². The van der Waals surface area contributed by atoms with Crippen molar-refractivity contribution in [2.45, 2.75) is 13.8 Å². The molecule has 2 rings (SSSR count). The van der Waals surface area contributed by atoms with Gasteiger partial charge in [-0.3, -0.25) is 14.4 Å². The Kier molecular flexibility index (Phi) is 6.46. The van der Waals surface area contributed by atoms with Crippen LogP contribution in [0, 0.1) is 5.82 Å². The van der Waals surface area contributed by atoms with E-state index in [0.717, 1.165) is 6.07 Å². The van der Waals surface area contributed by atoms with Crippen LogP contribution in [0.4, 0.5) is 10.1 Å². The van der Waals surface area contributed by atoms with Crippen molar-refractivity contribution in [2.24, 2.45) is 0 Å². The van der Waals surface area contributed by atoms with Gasteiger partial charge in [-0.05, 0) is 43.3 Å². The molecule has 2 amide bonds. The molecule has 136 valence electrons. The Hall–Kier alpha value is -2.73. The zero-order valence-corrected chi connectivity index (χ0v) is 15.1. The van der Waals surface area contributed by atoms with Crippen LogP contribution in [0.25, 0.3) is 0 Å². The minimum absolute atomic E-state index is 0.0192. The zero-order chi connectivity index (χ0) is 19.3. The SMILES string of the molecule is CC(=O)c1ccc(N(CCNC(=O)c2c(F)cccc2Cl)C(C)=O)cc1. The van der Waals surface area contributed by atoms with Gasteiger partial charge in [0, 0.05) is 31.3 Å². The van der Waals surface area contributed by atoms with E-state index >= 15 is 0 Å². The van der Waals surface area contributed by atoms with E-state index in [2.05, 4.69) is 5.32 Å². The summed E-state index contributed by atoms with van der Waals surface area (Å²) in [6.45, 7) is 3.15. The first kappa shape index (κ1) is 19.6. The summed E-state index contributed by atoms with van der Waals surface area (Å²) >= 11 is 5.86. The van der Waals surface area contributed by atoms with Gasteiger partial charge in [0.1, 0.15) is 5.82 Å². The third-order valence-corrected chi connectivity index (χ3v) is 4.09. The summed E-state index contributed by atoms with van der Waals surface area (Å²) in [6, 6.07) is 10.6. The fourth-order valence-corrected chi connectivity index (χ4v) is 2.68. The number of nitrogens with zero attached hydrogens (tertiary/aromatic N) is 1. The molecular formula is C19H18ClFN2O3. The molecule has 0 aliphatic carbocycles. The molecule has 7 heteroatoms. The average molecular weight is 377 g/mol. The van der Waals surface area contributed by atoms with Crippen molar-refractivity contribution in [1.82, 2.24) is 5.32 Å². The maximum absolute atomic E-state index is 13.7. The largest absolute Gasteiger partial charge is 0.350 e. The highest BCUT2D eigenvalue weighted by Crippen LogP contribution is 2.19. The van der Waals surface area contributed by atoms with E-state index in [1.54, 1.807) is 24.3 Å². The van der Waals surface area contributed by atoms with E-state index in [1.807, 2.05) is 0 Å². The number of anilines is 1. The van der Waals surface area contributed by atoms with Crippen LogP contribution in [0.3, 0.4) is 0 Å². The standard InChI is InChI=1S/C19H18ClFN2O3/c1-12(24)14-6-8-15(9-7-14)23(13(2)25)11-10-22-19(26)18-16(20)4-3-5-17(18)21/h3-9H,10-11H2,1-2H3,(H,22,26). The van der Waals surface area contributed by atoms with E-state index in [-0.39, 0.29) is 35.4 Å². The molecule has 0 unspecified atom stereocenters. The highest BCUT2D eigenvalue weighted by Gasteiger charge is 2.17. The van der Waals surface area contributed by atoms with Gasteiger partial charge in [0.05, 0.1) is 10.6 Å². The number of nitrogens with one attached hydrogen (secondary N) is 1. The molecule has 0 heterocycles. The molecule has 0 atom stereocenters. The Balaban J connectivity index is 2.04. The van der Waals surface area contributed by atoms with Gasteiger partial charge < -0.3 is 10.2 Å². The van der Waals surface area contributed by atoms with Gasteiger partial charge in [-0.2, -0.15) is 0 Å². The number of hydrogen-bond acceptors (Lipinski definition) is 3. The normalized spacial score (nSPS) is 10.3. The van der Waals surface area contributed by atoms with E-state index in [9.17, 15) is 18.8 Å². The first-order valence-corrected chi connectivity index (χ1v) is 8.30. The predicted octanol–water partition coefficient (Wildman–Crippen LogP) is 3.46. The van der Waals surface area contributed by atoms with Crippen molar-refractivity contribution in [1.29, 1.82) is 0 Å². The van der Waals surface area contributed by atoms with Gasteiger partial charge in [-0.15, -0.1) is 0 Å². The van der Waals surface area contributed by atoms with Crippen molar-refractivity contribution in [3.05, 3.63) is 64.4 Å². The van der Waals surface area contributed by atoms with Crippen LogP contribution in [-0.4, -0.2) is 30.7 Å². The number of Topliss-reactive ketones (excluding diaryl/α,β-unsaturated/α-hetero) is 1. The van der Waals surface area contributed by atoms with Crippen LogP contribution >= 0.6 is 11.6 Å². The predicted molar refractivity (Wildman–Crippen MR) is 98.2 cm³/mol. The monoisotopic (exact) mass is 376 g/mol. The van der Waals surface area contributed by atoms with Crippen LogP contribution in [0.1, 0.15) is 34.6 Å². The summed E-state index contributed by atoms with van der Waals surface area (Å²) < 4.78 is 13.7.